The largest absolute Gasteiger partial charge is 0.379 e. The molecule has 9 nitrogen and oxygen atoms in total. The molecule has 0 aromatic carbocycles. The van der Waals surface area contributed by atoms with Crippen molar-refractivity contribution in [2.45, 2.75) is 45.7 Å². The average molecular weight is 505 g/mol. The van der Waals surface area contributed by atoms with Gasteiger partial charge in [0.15, 0.2) is 0 Å². The minimum absolute atomic E-state index is 0.114. The maximum atomic E-state index is 12.7. The first-order valence-corrected chi connectivity index (χ1v) is 13.2. The van der Waals surface area contributed by atoms with Crippen molar-refractivity contribution in [3.63, 3.8) is 0 Å². The van der Waals surface area contributed by atoms with Crippen molar-refractivity contribution >= 4 is 28.5 Å². The van der Waals surface area contributed by atoms with Crippen molar-refractivity contribution in [1.82, 2.24) is 24.8 Å². The highest BCUT2D eigenvalue weighted by atomic mass is 16.5. The molecule has 9 heteroatoms. The number of nitrogens with one attached hydrogen (secondary N) is 1. The summed E-state index contributed by atoms with van der Waals surface area (Å²) in [6.07, 6.45) is 4.64. The molecule has 3 aromatic heterocycles. The number of Topliss-reactive ketones (excluding diaryl/α,β-unsaturated/α-hetero) is 1. The molecule has 5 heterocycles. The lowest BCUT2D eigenvalue weighted by atomic mass is 10.0. The van der Waals surface area contributed by atoms with E-state index in [1.807, 2.05) is 29.3 Å². The number of ketones is 1. The number of aromatic nitrogens is 3. The van der Waals surface area contributed by atoms with E-state index in [0.717, 1.165) is 79.6 Å². The number of hydrogen-bond donors (Lipinski definition) is 1. The van der Waals surface area contributed by atoms with Gasteiger partial charge in [-0.1, -0.05) is 6.07 Å². The Bertz CT molecular complexity index is 1260. The van der Waals surface area contributed by atoms with Gasteiger partial charge < -0.3 is 19.5 Å². The van der Waals surface area contributed by atoms with Crippen LogP contribution < -0.4 is 4.90 Å². The smallest absolute Gasteiger partial charge is 0.220 e. The first kappa shape index (κ1) is 25.4. The van der Waals surface area contributed by atoms with E-state index in [1.54, 1.807) is 13.1 Å². The lowest BCUT2D eigenvalue weighted by Crippen LogP contribution is -2.58. The lowest BCUT2D eigenvalue weighted by Gasteiger charge is -2.44. The van der Waals surface area contributed by atoms with Crippen LogP contribution in [0, 0.1) is 0 Å². The summed E-state index contributed by atoms with van der Waals surface area (Å²) in [6.45, 7) is 11.3. The van der Waals surface area contributed by atoms with Gasteiger partial charge in [-0.05, 0) is 37.6 Å². The van der Waals surface area contributed by atoms with Crippen LogP contribution in [0.1, 0.15) is 32.8 Å². The number of rotatable bonds is 7. The maximum absolute atomic E-state index is 12.7. The first-order valence-electron chi connectivity index (χ1n) is 13.2. The van der Waals surface area contributed by atoms with E-state index in [-0.39, 0.29) is 23.8 Å². The fourth-order valence-corrected chi connectivity index (χ4v) is 5.66. The third-order valence-corrected chi connectivity index (χ3v) is 7.42. The molecule has 2 aliphatic rings. The normalized spacial score (nSPS) is 20.9. The van der Waals surface area contributed by atoms with Crippen molar-refractivity contribution < 1.29 is 14.3 Å². The molecular weight excluding hydrogens is 468 g/mol. The number of aromatic amines is 1. The van der Waals surface area contributed by atoms with E-state index in [1.165, 1.54) is 0 Å². The zero-order valence-electron chi connectivity index (χ0n) is 21.9. The van der Waals surface area contributed by atoms with Crippen LogP contribution in [0.3, 0.4) is 0 Å². The molecule has 1 N–H and O–H groups in total. The molecule has 0 spiro atoms. The summed E-state index contributed by atoms with van der Waals surface area (Å²) in [5, 5.41) is 0.964. The fourth-order valence-electron chi connectivity index (χ4n) is 5.66. The van der Waals surface area contributed by atoms with Gasteiger partial charge >= 0.3 is 0 Å². The van der Waals surface area contributed by atoms with E-state index in [2.05, 4.69) is 39.7 Å². The Morgan fingerprint density at radius 1 is 1.14 bits per heavy atom. The summed E-state index contributed by atoms with van der Waals surface area (Å²) < 4.78 is 5.39. The minimum Gasteiger partial charge on any atom is -0.379 e. The van der Waals surface area contributed by atoms with E-state index < -0.39 is 0 Å². The molecule has 37 heavy (non-hydrogen) atoms. The number of H-pyrrole nitrogens is 1. The van der Waals surface area contributed by atoms with E-state index in [4.69, 9.17) is 9.72 Å². The van der Waals surface area contributed by atoms with Crippen molar-refractivity contribution in [3.8, 4) is 11.3 Å². The van der Waals surface area contributed by atoms with Crippen LogP contribution in [0.4, 0.5) is 5.82 Å². The van der Waals surface area contributed by atoms with Crippen LogP contribution >= 0.6 is 0 Å². The topological polar surface area (TPSA) is 94.7 Å². The number of amides is 1. The summed E-state index contributed by atoms with van der Waals surface area (Å²) in [4.78, 5) is 44.1. The molecule has 0 radical (unpaired) electrons. The third-order valence-electron chi connectivity index (χ3n) is 7.42. The second kappa shape index (κ2) is 11.0. The van der Waals surface area contributed by atoms with Crippen molar-refractivity contribution in [2.75, 3.05) is 50.8 Å². The highest BCUT2D eigenvalue weighted by molar-refractivity contribution is 5.93. The summed E-state index contributed by atoms with van der Waals surface area (Å²) in [5.41, 5.74) is 3.52. The third kappa shape index (κ3) is 5.67. The molecule has 0 bridgehead atoms. The van der Waals surface area contributed by atoms with Gasteiger partial charge in [-0.3, -0.25) is 14.5 Å². The number of ether oxygens (including phenoxy) is 1. The molecule has 2 saturated heterocycles. The predicted octanol–water partition coefficient (Wildman–Crippen LogP) is 2.90. The van der Waals surface area contributed by atoms with Crippen LogP contribution in [0.15, 0.2) is 36.7 Å². The van der Waals surface area contributed by atoms with Crippen molar-refractivity contribution in [3.05, 3.63) is 42.2 Å². The standard InChI is InChI=1S/C28H36N6O3/c1-19-17-33(18-20(2)34(19)21(3)35)27-6-4-5-26(31-27)25-16-30-28-24(25)14-22(15-29-28)13-23(36)7-8-32-9-11-37-12-10-32/h4-6,14-16,19-20H,7-13,17-18H2,1-3H3,(H,29,30)/t19-,20+. The van der Waals surface area contributed by atoms with Crippen molar-refractivity contribution in [2.24, 2.45) is 0 Å². The van der Waals surface area contributed by atoms with Gasteiger partial charge in [0, 0.05) is 87.9 Å². The Hall–Kier alpha value is -3.30. The number of carbonyl (C=O) groups excluding carboxylic acids is 2. The average Bonchev–Trinajstić information content (AvgIpc) is 3.31. The SMILES string of the molecule is CC(=O)N1[C@H](C)CN(c2cccc(-c3c[nH]c4ncc(CC(=O)CCN5CCOCC5)cc34)n2)C[C@@H]1C. The van der Waals surface area contributed by atoms with Crippen LogP contribution in [0.25, 0.3) is 22.3 Å². The molecule has 5 rings (SSSR count). The van der Waals surface area contributed by atoms with E-state index >= 15 is 0 Å². The van der Waals surface area contributed by atoms with Crippen LogP contribution in [-0.2, 0) is 20.7 Å². The van der Waals surface area contributed by atoms with Gasteiger partial charge in [0.1, 0.15) is 17.2 Å². The van der Waals surface area contributed by atoms with Gasteiger partial charge in [-0.2, -0.15) is 0 Å². The molecule has 2 fully saturated rings. The number of nitrogens with zero attached hydrogens (tertiary/aromatic N) is 5. The van der Waals surface area contributed by atoms with Gasteiger partial charge in [-0.15, -0.1) is 0 Å². The van der Waals surface area contributed by atoms with Crippen molar-refractivity contribution in [1.29, 1.82) is 0 Å². The van der Waals surface area contributed by atoms with Gasteiger partial charge in [0.05, 0.1) is 18.9 Å². The Kier molecular flexibility index (Phi) is 7.53. The molecule has 0 unspecified atom stereocenters. The van der Waals surface area contributed by atoms with Crippen LogP contribution in [-0.4, -0.2) is 94.5 Å². The van der Waals surface area contributed by atoms with Gasteiger partial charge in [-0.25, -0.2) is 9.97 Å². The number of fused-ring (bicyclic) bond motifs is 1. The van der Waals surface area contributed by atoms with E-state index in [9.17, 15) is 9.59 Å². The zero-order valence-corrected chi connectivity index (χ0v) is 21.9. The highest BCUT2D eigenvalue weighted by Crippen LogP contribution is 2.30. The molecule has 0 aliphatic carbocycles. The summed E-state index contributed by atoms with van der Waals surface area (Å²) in [5.74, 6) is 1.23. The Morgan fingerprint density at radius 2 is 1.89 bits per heavy atom. The Morgan fingerprint density at radius 3 is 2.62 bits per heavy atom. The van der Waals surface area contributed by atoms with Gasteiger partial charge in [0.25, 0.3) is 0 Å². The molecule has 3 aromatic rings. The van der Waals surface area contributed by atoms with Crippen LogP contribution in [0.2, 0.25) is 0 Å². The quantitative estimate of drug-likeness (QED) is 0.529. The van der Waals surface area contributed by atoms with E-state index in [0.29, 0.717) is 12.8 Å². The maximum Gasteiger partial charge on any atom is 0.220 e. The number of morpholine rings is 1. The Labute approximate surface area is 217 Å². The zero-order chi connectivity index (χ0) is 25.9. The summed E-state index contributed by atoms with van der Waals surface area (Å²) in [6, 6.07) is 8.35. The molecule has 196 valence electrons. The Balaban J connectivity index is 1.31. The number of piperazine rings is 1. The molecule has 1 amide bonds. The number of carbonyl (C=O) groups is 2. The predicted molar refractivity (Wildman–Crippen MR) is 144 cm³/mol. The van der Waals surface area contributed by atoms with Gasteiger partial charge in [0.2, 0.25) is 5.91 Å². The second-order valence-corrected chi connectivity index (χ2v) is 10.3. The number of hydrogen-bond acceptors (Lipinski definition) is 7. The van der Waals surface area contributed by atoms with Crippen LogP contribution in [0.5, 0.6) is 0 Å². The lowest BCUT2D eigenvalue weighted by molar-refractivity contribution is -0.133. The number of pyridine rings is 2. The summed E-state index contributed by atoms with van der Waals surface area (Å²) >= 11 is 0. The molecule has 2 atom stereocenters. The molecule has 0 saturated carbocycles. The minimum atomic E-state index is 0.114. The molecule has 2 aliphatic heterocycles. The fraction of sp³-hybridized carbons (Fsp3) is 0.500. The highest BCUT2D eigenvalue weighted by Gasteiger charge is 2.31. The second-order valence-electron chi connectivity index (χ2n) is 10.3. The molecular formula is C28H36N6O3. The first-order chi connectivity index (χ1) is 17.9. The monoisotopic (exact) mass is 504 g/mol. The number of anilines is 1. The summed E-state index contributed by atoms with van der Waals surface area (Å²) in [7, 11) is 0.